The highest BCUT2D eigenvalue weighted by atomic mass is 32.2. The molecule has 0 radical (unpaired) electrons. The molecule has 7 atom stereocenters. The number of carbonyl (C=O) groups is 3. The fraction of sp³-hybridized carbons (Fsp3) is 0.452. The fourth-order valence-corrected chi connectivity index (χ4v) is 12.2. The second-order valence-corrected chi connectivity index (χ2v) is 16.8. The first-order chi connectivity index (χ1) is 28.3. The van der Waals surface area contributed by atoms with E-state index in [9.17, 15) is 24.9 Å². The molecule has 7 aliphatic rings. The van der Waals surface area contributed by atoms with Crippen molar-refractivity contribution in [2.24, 2.45) is 0 Å². The molecule has 0 aromatic heterocycles. The number of nitrogens with zero attached hydrogens (tertiary/aromatic N) is 3. The van der Waals surface area contributed by atoms with Gasteiger partial charge in [-0.2, -0.15) is 0 Å². The van der Waals surface area contributed by atoms with Gasteiger partial charge in [-0.25, -0.2) is 9.59 Å². The van der Waals surface area contributed by atoms with Crippen LogP contribution in [0.5, 0.6) is 40.2 Å². The summed E-state index contributed by atoms with van der Waals surface area (Å²) in [5.41, 5.74) is 2.92. The van der Waals surface area contributed by atoms with Crippen LogP contribution in [-0.4, -0.2) is 113 Å². The molecule has 17 heteroatoms. The monoisotopic (exact) mass is 831 g/mol. The minimum absolute atomic E-state index is 0.0178. The Kier molecular flexibility index (Phi) is 9.37. The zero-order chi connectivity index (χ0) is 41.8. The predicted octanol–water partition coefficient (Wildman–Crippen LogP) is 4.41. The number of thioether (sulfide) groups is 1. The van der Waals surface area contributed by atoms with Crippen molar-refractivity contribution in [3.63, 3.8) is 0 Å². The molecule has 3 N–H and O–H groups in total. The number of esters is 2. The van der Waals surface area contributed by atoms with Gasteiger partial charge >= 0.3 is 18.0 Å². The SMILES string of the molecule is C=COC(=O)N1CCc2cc(O)c(OC)cc2[C@@]12CS[C@@H]1c3c(OC(C)=O)c(C)c4c(c3[C@@H](COC2=O)N2C1[C@@H]1c3c(cc(C)c(OC)c3O)C[C@H]([C@@H]2O)N1C)OCO4. The number of hydrogen-bond acceptors (Lipinski definition) is 16. The summed E-state index contributed by atoms with van der Waals surface area (Å²) in [4.78, 5) is 47.5. The molecule has 10 rings (SSSR count). The summed E-state index contributed by atoms with van der Waals surface area (Å²) in [6, 6.07) is 2.36. The van der Waals surface area contributed by atoms with Crippen molar-refractivity contribution in [2.45, 2.75) is 74.8 Å². The van der Waals surface area contributed by atoms with Crippen molar-refractivity contribution in [2.75, 3.05) is 47.0 Å². The van der Waals surface area contributed by atoms with Gasteiger partial charge in [-0.1, -0.05) is 12.6 Å². The molecule has 2 fully saturated rings. The summed E-state index contributed by atoms with van der Waals surface area (Å²) in [6.07, 6.45) is -0.329. The molecule has 7 aliphatic heterocycles. The number of likely N-dealkylation sites (N-methyl/N-ethyl adjacent to an activating group) is 1. The Morgan fingerprint density at radius 2 is 1.78 bits per heavy atom. The van der Waals surface area contributed by atoms with E-state index in [0.29, 0.717) is 57.1 Å². The predicted molar refractivity (Wildman–Crippen MR) is 210 cm³/mol. The smallest absolute Gasteiger partial charge is 0.415 e. The van der Waals surface area contributed by atoms with Gasteiger partial charge in [0.15, 0.2) is 40.0 Å². The molecule has 3 aromatic rings. The Balaban J connectivity index is 1.34. The van der Waals surface area contributed by atoms with Gasteiger partial charge in [0.1, 0.15) is 18.6 Å². The quantitative estimate of drug-likeness (QED) is 0.191. The van der Waals surface area contributed by atoms with Gasteiger partial charge in [0.25, 0.3) is 0 Å². The van der Waals surface area contributed by atoms with Crippen molar-refractivity contribution in [3.05, 3.63) is 75.5 Å². The summed E-state index contributed by atoms with van der Waals surface area (Å²) >= 11 is 1.29. The van der Waals surface area contributed by atoms with E-state index in [4.69, 9.17) is 33.2 Å². The zero-order valence-electron chi connectivity index (χ0n) is 33.4. The molecule has 0 aliphatic carbocycles. The minimum Gasteiger partial charge on any atom is -0.504 e. The molecule has 3 aromatic carbocycles. The molecule has 16 nitrogen and oxygen atoms in total. The minimum atomic E-state index is -1.86. The Morgan fingerprint density at radius 3 is 2.49 bits per heavy atom. The molecule has 1 amide bonds. The average Bonchev–Trinajstić information content (AvgIpc) is 3.69. The highest BCUT2D eigenvalue weighted by molar-refractivity contribution is 7.99. The van der Waals surface area contributed by atoms with Gasteiger partial charge in [0, 0.05) is 47.5 Å². The first kappa shape index (κ1) is 39.1. The Morgan fingerprint density at radius 1 is 1.02 bits per heavy atom. The number of phenols is 2. The maximum absolute atomic E-state index is 15.2. The zero-order valence-corrected chi connectivity index (χ0v) is 34.2. The molecule has 0 saturated carbocycles. The van der Waals surface area contributed by atoms with E-state index in [2.05, 4.69) is 11.5 Å². The molecule has 312 valence electrons. The van der Waals surface area contributed by atoms with E-state index in [1.807, 2.05) is 24.9 Å². The largest absolute Gasteiger partial charge is 0.504 e. The van der Waals surface area contributed by atoms with E-state index in [-0.39, 0.29) is 55.1 Å². The molecular weight excluding hydrogens is 787 g/mol. The molecule has 2 saturated heterocycles. The number of fused-ring (bicyclic) bond motifs is 9. The third-order valence-electron chi connectivity index (χ3n) is 12.9. The Bertz CT molecular complexity index is 2340. The van der Waals surface area contributed by atoms with Gasteiger partial charge in [-0.05, 0) is 68.1 Å². The lowest BCUT2D eigenvalue weighted by Crippen LogP contribution is -2.70. The number of aliphatic hydroxyl groups excluding tert-OH is 1. The first-order valence-corrected chi connectivity index (χ1v) is 20.3. The van der Waals surface area contributed by atoms with E-state index >= 15 is 4.79 Å². The van der Waals surface area contributed by atoms with E-state index in [1.54, 1.807) is 13.0 Å². The summed E-state index contributed by atoms with van der Waals surface area (Å²) in [5, 5.41) is 34.9. The van der Waals surface area contributed by atoms with Crippen molar-refractivity contribution in [1.29, 1.82) is 0 Å². The van der Waals surface area contributed by atoms with Gasteiger partial charge < -0.3 is 48.5 Å². The number of rotatable bonds is 4. The van der Waals surface area contributed by atoms with Crippen molar-refractivity contribution >= 4 is 29.8 Å². The van der Waals surface area contributed by atoms with E-state index in [0.717, 1.165) is 17.4 Å². The number of aliphatic hydroxyl groups is 1. The number of ether oxygens (including phenoxy) is 7. The van der Waals surface area contributed by atoms with Crippen LogP contribution in [0.1, 0.15) is 68.8 Å². The summed E-state index contributed by atoms with van der Waals surface area (Å²) < 4.78 is 41.4. The number of amides is 1. The first-order valence-electron chi connectivity index (χ1n) is 19.3. The molecular formula is C42H45N3O13S. The van der Waals surface area contributed by atoms with Crippen LogP contribution < -0.4 is 23.7 Å². The number of aryl methyl sites for hydroxylation is 1. The van der Waals surface area contributed by atoms with Crippen molar-refractivity contribution in [1.82, 2.24) is 14.7 Å². The topological polar surface area (TPSA) is 186 Å². The van der Waals surface area contributed by atoms with Crippen molar-refractivity contribution in [3.8, 4) is 40.2 Å². The second-order valence-electron chi connectivity index (χ2n) is 15.7. The van der Waals surface area contributed by atoms with Gasteiger partial charge in [0.2, 0.25) is 6.79 Å². The Hall–Kier alpha value is -5.36. The lowest BCUT2D eigenvalue weighted by atomic mass is 9.73. The number of hydrogen-bond donors (Lipinski definition) is 3. The van der Waals surface area contributed by atoms with Crippen LogP contribution in [0.4, 0.5) is 4.79 Å². The molecule has 1 unspecified atom stereocenters. The molecule has 4 bridgehead atoms. The maximum Gasteiger partial charge on any atom is 0.415 e. The molecule has 1 spiro atoms. The fourth-order valence-electron chi connectivity index (χ4n) is 10.5. The second kappa shape index (κ2) is 14.1. The third-order valence-corrected chi connectivity index (χ3v) is 14.3. The standard InChI is InChI=1S/C42H45N3O13S/c1-8-54-41(51)44-10-9-21-13-26(47)27(52-6)14-23(21)42(44)16-59-38-30-29(37-36(56-17-57-37)19(3)35(30)58-20(4)46)25(15-55-40(42)50)45-32(38)31-28-22(12-24(39(45)49)43(31)5)11-18(2)34(53-7)33(28)48/h8,11,13-14,24-25,31-32,38-39,47-49H,1,9-10,12,15-17H2,2-7H3/t24-,25-,31+,32?,38-,39+,42-/m1/s1. The number of carbonyl (C=O) groups excluding carboxylic acids is 3. The van der Waals surface area contributed by atoms with Gasteiger partial charge in [-0.3, -0.25) is 19.5 Å². The molecule has 59 heavy (non-hydrogen) atoms. The van der Waals surface area contributed by atoms with Crippen LogP contribution in [0.25, 0.3) is 0 Å². The van der Waals surface area contributed by atoms with E-state index < -0.39 is 59.2 Å². The number of aromatic hydroxyl groups is 2. The van der Waals surface area contributed by atoms with Gasteiger partial charge in [-0.15, -0.1) is 11.8 Å². The summed E-state index contributed by atoms with van der Waals surface area (Å²) in [7, 11) is 4.80. The maximum atomic E-state index is 15.2. The third kappa shape index (κ3) is 5.43. The lowest BCUT2D eigenvalue weighted by molar-refractivity contribution is -0.188. The van der Waals surface area contributed by atoms with Crippen LogP contribution in [-0.2, 0) is 37.4 Å². The number of benzene rings is 3. The summed E-state index contributed by atoms with van der Waals surface area (Å²) in [5.74, 6) is -0.293. The highest BCUT2D eigenvalue weighted by Gasteiger charge is 2.62. The molecule has 7 heterocycles. The Labute approximate surface area is 344 Å². The average molecular weight is 832 g/mol. The van der Waals surface area contributed by atoms with Crippen LogP contribution in [0.15, 0.2) is 31.0 Å². The highest BCUT2D eigenvalue weighted by Crippen LogP contribution is 2.65. The lowest BCUT2D eigenvalue weighted by Gasteiger charge is -2.62. The summed E-state index contributed by atoms with van der Waals surface area (Å²) in [6.45, 7) is 8.07. The van der Waals surface area contributed by atoms with Crippen LogP contribution in [0.2, 0.25) is 0 Å². The van der Waals surface area contributed by atoms with Crippen LogP contribution in [0, 0.1) is 13.8 Å². The number of phenolic OH excluding ortho intramolecular Hbond substituents is 2. The van der Waals surface area contributed by atoms with Gasteiger partial charge in [0.05, 0.1) is 43.9 Å². The van der Waals surface area contributed by atoms with E-state index in [1.165, 1.54) is 43.9 Å². The number of methoxy groups -OCH3 is 2. The van der Waals surface area contributed by atoms with Crippen LogP contribution >= 0.6 is 11.8 Å². The van der Waals surface area contributed by atoms with Crippen molar-refractivity contribution < 1.29 is 62.9 Å². The normalized spacial score (nSPS) is 27.8. The number of piperazine rings is 1. The van der Waals surface area contributed by atoms with Crippen LogP contribution in [0.3, 0.4) is 0 Å².